The van der Waals surface area contributed by atoms with Gasteiger partial charge in [-0.2, -0.15) is 0 Å². The van der Waals surface area contributed by atoms with Crippen LogP contribution in [0.1, 0.15) is 39.6 Å². The molecule has 2 rings (SSSR count). The number of aromatic nitrogens is 3. The minimum Gasteiger partial charge on any atom is -0.389 e. The summed E-state index contributed by atoms with van der Waals surface area (Å²) >= 11 is 0. The van der Waals surface area contributed by atoms with Crippen molar-refractivity contribution in [3.63, 3.8) is 0 Å². The molecule has 5 heteroatoms. The molecule has 98 valence electrons. The van der Waals surface area contributed by atoms with Crippen molar-refractivity contribution < 1.29 is 5.11 Å². The highest BCUT2D eigenvalue weighted by molar-refractivity contribution is 5.37. The van der Waals surface area contributed by atoms with E-state index in [0.717, 1.165) is 11.5 Å². The van der Waals surface area contributed by atoms with Crippen LogP contribution in [0.2, 0.25) is 0 Å². The van der Waals surface area contributed by atoms with Crippen LogP contribution in [-0.2, 0) is 0 Å². The zero-order valence-corrected chi connectivity index (χ0v) is 11.3. The van der Waals surface area contributed by atoms with Crippen molar-refractivity contribution in [2.75, 3.05) is 0 Å². The molecule has 0 amide bonds. The lowest BCUT2D eigenvalue weighted by Gasteiger charge is -2.29. The number of rotatable bonds is 4. The van der Waals surface area contributed by atoms with Crippen LogP contribution in [0.4, 0.5) is 0 Å². The van der Waals surface area contributed by atoms with Crippen LogP contribution < -0.4 is 5.32 Å². The Labute approximate surface area is 107 Å². The van der Waals surface area contributed by atoms with Crippen molar-refractivity contribution in [3.05, 3.63) is 30.2 Å². The predicted octanol–water partition coefficient (Wildman–Crippen LogP) is 1.54. The largest absolute Gasteiger partial charge is 0.389 e. The van der Waals surface area contributed by atoms with Crippen molar-refractivity contribution in [1.82, 2.24) is 19.9 Å². The number of fused-ring (bicyclic) bond motifs is 1. The minimum absolute atomic E-state index is 0.0174. The van der Waals surface area contributed by atoms with E-state index in [2.05, 4.69) is 15.5 Å². The third kappa shape index (κ3) is 2.52. The fourth-order valence-electron chi connectivity index (χ4n) is 1.81. The van der Waals surface area contributed by atoms with Gasteiger partial charge < -0.3 is 10.4 Å². The van der Waals surface area contributed by atoms with Crippen LogP contribution in [0.5, 0.6) is 0 Å². The molecule has 0 aromatic carbocycles. The molecule has 0 saturated heterocycles. The Kier molecular flexibility index (Phi) is 3.36. The Hall–Kier alpha value is -1.46. The van der Waals surface area contributed by atoms with E-state index in [1.54, 1.807) is 13.8 Å². The quantitative estimate of drug-likeness (QED) is 0.861. The van der Waals surface area contributed by atoms with E-state index >= 15 is 0 Å². The van der Waals surface area contributed by atoms with Crippen molar-refractivity contribution in [1.29, 1.82) is 0 Å². The second-order valence-electron chi connectivity index (χ2n) is 5.25. The van der Waals surface area contributed by atoms with Crippen molar-refractivity contribution in [2.24, 2.45) is 0 Å². The summed E-state index contributed by atoms with van der Waals surface area (Å²) in [7, 11) is 0. The van der Waals surface area contributed by atoms with E-state index in [-0.39, 0.29) is 12.1 Å². The molecule has 0 bridgehead atoms. The zero-order chi connectivity index (χ0) is 13.3. The normalized spacial score (nSPS) is 15.8. The third-order valence-corrected chi connectivity index (χ3v) is 3.29. The summed E-state index contributed by atoms with van der Waals surface area (Å²) in [6.07, 6.45) is 1.94. The molecule has 2 heterocycles. The summed E-state index contributed by atoms with van der Waals surface area (Å²) in [5, 5.41) is 21.6. The average Bonchev–Trinajstić information content (AvgIpc) is 2.71. The van der Waals surface area contributed by atoms with Crippen LogP contribution in [-0.4, -0.2) is 31.3 Å². The van der Waals surface area contributed by atoms with Crippen LogP contribution in [0.3, 0.4) is 0 Å². The van der Waals surface area contributed by atoms with Gasteiger partial charge in [-0.1, -0.05) is 6.07 Å². The monoisotopic (exact) mass is 248 g/mol. The topological polar surface area (TPSA) is 62.5 Å². The lowest BCUT2D eigenvalue weighted by Crippen LogP contribution is -2.45. The second-order valence-corrected chi connectivity index (χ2v) is 5.25. The lowest BCUT2D eigenvalue weighted by atomic mass is 10.00. The van der Waals surface area contributed by atoms with Crippen LogP contribution in [0.25, 0.3) is 5.65 Å². The van der Waals surface area contributed by atoms with Crippen molar-refractivity contribution >= 4 is 5.65 Å². The number of nitrogens with zero attached hydrogens (tertiary/aromatic N) is 3. The first-order valence-electron chi connectivity index (χ1n) is 6.17. The molecule has 2 unspecified atom stereocenters. The fourth-order valence-corrected chi connectivity index (χ4v) is 1.81. The molecular formula is C13H20N4O. The van der Waals surface area contributed by atoms with Gasteiger partial charge in [-0.25, -0.2) is 0 Å². The Morgan fingerprint density at radius 1 is 1.28 bits per heavy atom. The predicted molar refractivity (Wildman–Crippen MR) is 70.3 cm³/mol. The molecule has 0 aliphatic heterocycles. The van der Waals surface area contributed by atoms with E-state index in [1.807, 2.05) is 42.6 Å². The van der Waals surface area contributed by atoms with Gasteiger partial charge in [0.1, 0.15) is 0 Å². The average molecular weight is 248 g/mol. The lowest BCUT2D eigenvalue weighted by molar-refractivity contribution is 0.0401. The fraction of sp³-hybridized carbons (Fsp3) is 0.538. The first kappa shape index (κ1) is 13.0. The molecule has 0 fully saturated rings. The molecule has 18 heavy (non-hydrogen) atoms. The van der Waals surface area contributed by atoms with Gasteiger partial charge >= 0.3 is 0 Å². The van der Waals surface area contributed by atoms with Crippen molar-refractivity contribution in [2.45, 2.75) is 45.4 Å². The van der Waals surface area contributed by atoms with E-state index in [1.165, 1.54) is 0 Å². The molecular weight excluding hydrogens is 228 g/mol. The van der Waals surface area contributed by atoms with Gasteiger partial charge in [0.25, 0.3) is 0 Å². The number of nitrogens with one attached hydrogen (secondary N) is 1. The number of pyridine rings is 1. The number of hydrogen-bond acceptors (Lipinski definition) is 4. The molecule has 0 spiro atoms. The summed E-state index contributed by atoms with van der Waals surface area (Å²) < 4.78 is 1.95. The Balaban J connectivity index is 2.21. The highest BCUT2D eigenvalue weighted by Gasteiger charge is 2.25. The maximum atomic E-state index is 9.94. The summed E-state index contributed by atoms with van der Waals surface area (Å²) in [6, 6.07) is 5.78. The molecule has 2 atom stereocenters. The molecule has 2 aromatic rings. The van der Waals surface area contributed by atoms with E-state index < -0.39 is 5.60 Å². The summed E-state index contributed by atoms with van der Waals surface area (Å²) in [6.45, 7) is 7.56. The van der Waals surface area contributed by atoms with Gasteiger partial charge in [0.15, 0.2) is 11.5 Å². The Morgan fingerprint density at radius 2 is 2.00 bits per heavy atom. The molecule has 0 aliphatic rings. The van der Waals surface area contributed by atoms with Gasteiger partial charge in [-0.15, -0.1) is 10.2 Å². The maximum Gasteiger partial charge on any atom is 0.160 e. The van der Waals surface area contributed by atoms with E-state index in [0.29, 0.717) is 0 Å². The first-order valence-corrected chi connectivity index (χ1v) is 6.17. The van der Waals surface area contributed by atoms with Crippen LogP contribution in [0.15, 0.2) is 24.4 Å². The highest BCUT2D eigenvalue weighted by Crippen LogP contribution is 2.16. The van der Waals surface area contributed by atoms with Crippen LogP contribution in [0, 0.1) is 0 Å². The SMILES string of the molecule is CC(NC(C)C(C)(C)O)c1nnc2ccccn12. The van der Waals surface area contributed by atoms with E-state index in [4.69, 9.17) is 0 Å². The summed E-state index contributed by atoms with van der Waals surface area (Å²) in [4.78, 5) is 0. The van der Waals surface area contributed by atoms with Gasteiger partial charge in [0.2, 0.25) is 0 Å². The number of aliphatic hydroxyl groups is 1. The van der Waals surface area contributed by atoms with Gasteiger partial charge in [-0.05, 0) is 39.8 Å². The van der Waals surface area contributed by atoms with Crippen molar-refractivity contribution in [3.8, 4) is 0 Å². The maximum absolute atomic E-state index is 9.94. The first-order chi connectivity index (χ1) is 8.39. The third-order valence-electron chi connectivity index (χ3n) is 3.29. The Morgan fingerprint density at radius 3 is 2.67 bits per heavy atom. The Bertz CT molecular complexity index is 529. The van der Waals surface area contributed by atoms with Gasteiger partial charge in [-0.3, -0.25) is 4.40 Å². The molecule has 0 radical (unpaired) electrons. The molecule has 5 nitrogen and oxygen atoms in total. The molecule has 2 N–H and O–H groups in total. The molecule has 2 aromatic heterocycles. The van der Waals surface area contributed by atoms with Gasteiger partial charge in [0, 0.05) is 12.2 Å². The summed E-state index contributed by atoms with van der Waals surface area (Å²) in [5.74, 6) is 0.849. The highest BCUT2D eigenvalue weighted by atomic mass is 16.3. The van der Waals surface area contributed by atoms with E-state index in [9.17, 15) is 5.11 Å². The minimum atomic E-state index is -0.769. The molecule has 0 saturated carbocycles. The smallest absolute Gasteiger partial charge is 0.160 e. The summed E-state index contributed by atoms with van der Waals surface area (Å²) in [5.41, 5.74) is 0.0615. The van der Waals surface area contributed by atoms with Crippen LogP contribution >= 0.6 is 0 Å². The molecule has 0 aliphatic carbocycles. The second kappa shape index (κ2) is 4.66. The standard InChI is InChI=1S/C13H20N4O/c1-9(14-10(2)13(3,4)18)12-16-15-11-7-5-6-8-17(11)12/h5-10,14,18H,1-4H3. The number of hydrogen-bond donors (Lipinski definition) is 2. The zero-order valence-electron chi connectivity index (χ0n) is 11.3. The van der Waals surface area contributed by atoms with Gasteiger partial charge in [0.05, 0.1) is 11.6 Å².